The van der Waals surface area contributed by atoms with Crippen molar-refractivity contribution in [2.24, 2.45) is 5.92 Å². The van der Waals surface area contributed by atoms with Crippen molar-refractivity contribution in [2.75, 3.05) is 6.61 Å². The van der Waals surface area contributed by atoms with Crippen LogP contribution in [0.1, 0.15) is 64.4 Å². The zero-order chi connectivity index (χ0) is 23.5. The third-order valence-corrected chi connectivity index (χ3v) is 5.23. The molecule has 1 heterocycles. The van der Waals surface area contributed by atoms with E-state index in [-0.39, 0.29) is 12.5 Å². The summed E-state index contributed by atoms with van der Waals surface area (Å²) in [5.74, 6) is -0.284. The number of amides is 1. The Hall–Kier alpha value is -2.97. The first-order valence-corrected chi connectivity index (χ1v) is 11.1. The number of alkyl carbamates (subject to hydrolysis) is 1. The third kappa shape index (κ3) is 6.05. The normalized spacial score (nSPS) is 14.3. The number of fused-ring (bicyclic) bond motifs is 2. The lowest BCUT2D eigenvalue weighted by molar-refractivity contribution is -0.644. The van der Waals surface area contributed by atoms with Gasteiger partial charge in [-0.3, -0.25) is 0 Å². The lowest BCUT2D eigenvalue weighted by atomic mass is 10.1. The minimum absolute atomic E-state index is 0.127. The van der Waals surface area contributed by atoms with Gasteiger partial charge in [-0.2, -0.15) is 0 Å². The Kier molecular flexibility index (Phi) is 7.16. The van der Waals surface area contributed by atoms with E-state index in [2.05, 4.69) is 15.4 Å². The summed E-state index contributed by atoms with van der Waals surface area (Å²) in [6.45, 7) is 9.02. The summed E-state index contributed by atoms with van der Waals surface area (Å²) >= 11 is 0. The Balaban J connectivity index is 1.54. The minimum atomic E-state index is -0.812. The topological polar surface area (TPSA) is 117 Å². The predicted octanol–water partition coefficient (Wildman–Crippen LogP) is 2.78. The molecule has 1 aromatic carbocycles. The minimum Gasteiger partial charge on any atom is -0.594 e. The van der Waals surface area contributed by atoms with E-state index in [9.17, 15) is 14.8 Å². The van der Waals surface area contributed by atoms with Crippen molar-refractivity contribution in [3.8, 4) is 0 Å². The lowest BCUT2D eigenvalue weighted by Crippen LogP contribution is -2.47. The van der Waals surface area contributed by atoms with Crippen molar-refractivity contribution in [3.63, 3.8) is 0 Å². The number of aromatic nitrogens is 3. The average molecular weight is 445 g/mol. The number of esters is 1. The van der Waals surface area contributed by atoms with Gasteiger partial charge in [0, 0.05) is 17.6 Å². The van der Waals surface area contributed by atoms with Gasteiger partial charge in [-0.25, -0.2) is 14.6 Å². The summed E-state index contributed by atoms with van der Waals surface area (Å²) in [6.07, 6.45) is 3.28. The molecule has 0 aliphatic heterocycles. The third-order valence-electron chi connectivity index (χ3n) is 5.23. The van der Waals surface area contributed by atoms with Gasteiger partial charge in [0.2, 0.25) is 0 Å². The fourth-order valence-electron chi connectivity index (χ4n) is 3.69. The molecule has 0 radical (unpaired) electrons. The first kappa shape index (κ1) is 23.7. The number of ether oxygens (including phenoxy) is 2. The molecule has 0 saturated heterocycles. The summed E-state index contributed by atoms with van der Waals surface area (Å²) in [5, 5.41) is 18.9. The molecule has 1 aliphatic rings. The van der Waals surface area contributed by atoms with Gasteiger partial charge < -0.3 is 20.0 Å². The molecule has 2 aromatic rings. The van der Waals surface area contributed by atoms with Gasteiger partial charge in [0.15, 0.2) is 5.82 Å². The number of nitrogens with zero attached hydrogens (tertiary/aromatic N) is 3. The number of nitrogens with one attached hydrogen (secondary N) is 1. The van der Waals surface area contributed by atoms with Crippen LogP contribution in [-0.4, -0.2) is 40.4 Å². The molecule has 1 aliphatic carbocycles. The van der Waals surface area contributed by atoms with Crippen molar-refractivity contribution in [1.82, 2.24) is 15.4 Å². The van der Waals surface area contributed by atoms with Crippen molar-refractivity contribution < 1.29 is 23.9 Å². The zero-order valence-electron chi connectivity index (χ0n) is 19.4. The molecule has 9 heteroatoms. The van der Waals surface area contributed by atoms with Crippen LogP contribution in [0.5, 0.6) is 0 Å². The molecular weight excluding hydrogens is 412 g/mol. The van der Waals surface area contributed by atoms with Crippen LogP contribution >= 0.6 is 0 Å². The van der Waals surface area contributed by atoms with E-state index in [4.69, 9.17) is 9.47 Å². The summed E-state index contributed by atoms with van der Waals surface area (Å²) in [4.78, 5) is 29.6. The van der Waals surface area contributed by atoms with Crippen LogP contribution in [-0.2, 0) is 33.5 Å². The number of carbonyl (C=O) groups excluding carboxylic acids is 2. The van der Waals surface area contributed by atoms with Crippen molar-refractivity contribution in [3.05, 3.63) is 34.3 Å². The maximum Gasteiger partial charge on any atom is 0.408 e. The van der Waals surface area contributed by atoms with Gasteiger partial charge in [-0.15, -0.1) is 0 Å². The SMILES string of the molecule is CC(C)[C@@H](NC(=O)OC(C)(C)C)C(=O)OCCCc1nc2cc3c(cc2[n+]([O-])n1)CCC3. The first-order valence-electron chi connectivity index (χ1n) is 11.1. The Morgan fingerprint density at radius 2 is 1.91 bits per heavy atom. The second kappa shape index (κ2) is 9.67. The largest absolute Gasteiger partial charge is 0.594 e. The summed E-state index contributed by atoms with van der Waals surface area (Å²) < 4.78 is 10.6. The zero-order valence-corrected chi connectivity index (χ0v) is 19.4. The van der Waals surface area contributed by atoms with Crippen LogP contribution in [0, 0.1) is 11.1 Å². The maximum absolute atomic E-state index is 12.5. The fourth-order valence-corrected chi connectivity index (χ4v) is 3.69. The smallest absolute Gasteiger partial charge is 0.408 e. The number of hydrogen-bond donors (Lipinski definition) is 1. The van der Waals surface area contributed by atoms with Gasteiger partial charge in [0.1, 0.15) is 17.2 Å². The van der Waals surface area contributed by atoms with Crippen LogP contribution in [0.25, 0.3) is 11.0 Å². The molecule has 9 nitrogen and oxygen atoms in total. The number of aryl methyl sites for hydroxylation is 3. The van der Waals surface area contributed by atoms with Gasteiger partial charge >= 0.3 is 12.1 Å². The van der Waals surface area contributed by atoms with Crippen molar-refractivity contribution in [2.45, 2.75) is 78.4 Å². The quantitative estimate of drug-likeness (QED) is 0.302. The van der Waals surface area contributed by atoms with Gasteiger partial charge in [0.05, 0.1) is 6.61 Å². The highest BCUT2D eigenvalue weighted by molar-refractivity contribution is 5.81. The Morgan fingerprint density at radius 1 is 1.22 bits per heavy atom. The van der Waals surface area contributed by atoms with Gasteiger partial charge in [-0.1, -0.05) is 13.8 Å². The molecule has 0 bridgehead atoms. The molecule has 1 aromatic heterocycles. The maximum atomic E-state index is 12.5. The molecule has 0 saturated carbocycles. The summed E-state index contributed by atoms with van der Waals surface area (Å²) in [6, 6.07) is 3.06. The van der Waals surface area contributed by atoms with E-state index >= 15 is 0 Å². The molecule has 0 unspecified atom stereocenters. The number of hydrogen-bond acceptors (Lipinski definition) is 7. The Bertz CT molecular complexity index is 1000. The number of carbonyl (C=O) groups is 2. The van der Waals surface area contributed by atoms with Crippen molar-refractivity contribution >= 4 is 23.1 Å². The van der Waals surface area contributed by atoms with Crippen LogP contribution in [0.4, 0.5) is 4.79 Å². The molecule has 1 N–H and O–H groups in total. The van der Waals surface area contributed by atoms with Gasteiger partial charge in [-0.05, 0) is 74.4 Å². The molecule has 1 amide bonds. The van der Waals surface area contributed by atoms with E-state index in [0.717, 1.165) is 19.3 Å². The van der Waals surface area contributed by atoms with E-state index < -0.39 is 23.7 Å². The second-order valence-electron chi connectivity index (χ2n) is 9.50. The van der Waals surface area contributed by atoms with E-state index in [1.165, 1.54) is 11.1 Å². The Labute approximate surface area is 188 Å². The van der Waals surface area contributed by atoms with Crippen LogP contribution in [0.15, 0.2) is 12.1 Å². The second-order valence-corrected chi connectivity index (χ2v) is 9.50. The molecule has 174 valence electrons. The molecule has 32 heavy (non-hydrogen) atoms. The van der Waals surface area contributed by atoms with Crippen molar-refractivity contribution in [1.29, 1.82) is 0 Å². The fraction of sp³-hybridized carbons (Fsp3) is 0.609. The van der Waals surface area contributed by atoms with Gasteiger partial charge in [0.25, 0.3) is 5.52 Å². The van der Waals surface area contributed by atoms with Crippen LogP contribution < -0.4 is 10.2 Å². The predicted molar refractivity (Wildman–Crippen MR) is 118 cm³/mol. The summed E-state index contributed by atoms with van der Waals surface area (Å²) in [5.41, 5.74) is 2.91. The molecule has 1 atom stereocenters. The lowest BCUT2D eigenvalue weighted by Gasteiger charge is -2.24. The highest BCUT2D eigenvalue weighted by Gasteiger charge is 2.28. The standard InChI is InChI=1S/C23H32N4O5/c1-14(2)20(25-22(29)32-23(3,4)5)21(28)31-11-7-10-19-24-17-12-15-8-6-9-16(15)13-18(17)27(30)26-19/h12-14,20H,6-11H2,1-5H3,(H,25,29)/t20-/m1/s1. The molecule has 0 fully saturated rings. The highest BCUT2D eigenvalue weighted by atomic mass is 16.6. The first-order chi connectivity index (χ1) is 15.0. The van der Waals surface area contributed by atoms with Crippen LogP contribution in [0.3, 0.4) is 0 Å². The summed E-state index contributed by atoms with van der Waals surface area (Å²) in [7, 11) is 0. The van der Waals surface area contributed by atoms with Crippen LogP contribution in [0.2, 0.25) is 0 Å². The average Bonchev–Trinajstić information content (AvgIpc) is 3.13. The number of benzene rings is 1. The molecule has 3 rings (SSSR count). The monoisotopic (exact) mass is 444 g/mol. The van der Waals surface area contributed by atoms with E-state index in [1.54, 1.807) is 20.8 Å². The van der Waals surface area contributed by atoms with E-state index in [1.807, 2.05) is 26.0 Å². The van der Waals surface area contributed by atoms with E-state index in [0.29, 0.717) is 34.5 Å². The molecule has 0 spiro atoms. The highest BCUT2D eigenvalue weighted by Crippen LogP contribution is 2.25. The molecular formula is C23H32N4O5. The Morgan fingerprint density at radius 3 is 2.56 bits per heavy atom. The number of rotatable bonds is 7.